The van der Waals surface area contributed by atoms with Gasteiger partial charge in [-0.2, -0.15) is 0 Å². The summed E-state index contributed by atoms with van der Waals surface area (Å²) < 4.78 is 1.90. The Balaban J connectivity index is 1.96. The molecule has 25 heavy (non-hydrogen) atoms. The van der Waals surface area contributed by atoms with Crippen molar-refractivity contribution in [1.82, 2.24) is 19.9 Å². The third-order valence-corrected chi connectivity index (χ3v) is 4.28. The minimum Gasteiger partial charge on any atom is -0.396 e. The van der Waals surface area contributed by atoms with Gasteiger partial charge in [0.15, 0.2) is 0 Å². The number of aliphatic hydroxyl groups is 1. The number of aryl methyl sites for hydroxylation is 1. The topological polar surface area (TPSA) is 100 Å². The molecule has 7 heteroatoms. The summed E-state index contributed by atoms with van der Waals surface area (Å²) in [6, 6.07) is 5.44. The van der Waals surface area contributed by atoms with E-state index in [1.54, 1.807) is 30.7 Å². The number of rotatable bonds is 5. The third-order valence-electron chi connectivity index (χ3n) is 4.28. The highest BCUT2D eigenvalue weighted by molar-refractivity contribution is 6.50. The number of aromatic nitrogens is 3. The largest absolute Gasteiger partial charge is 0.396 e. The van der Waals surface area contributed by atoms with Gasteiger partial charge >= 0.3 is 0 Å². The normalized spacial score (nSPS) is 14.6. The number of nitrogens with zero attached hydrogens (tertiary/aromatic N) is 2. The van der Waals surface area contributed by atoms with Crippen molar-refractivity contribution in [2.24, 2.45) is 0 Å². The molecule has 3 aromatic rings. The number of pyridine rings is 1. The van der Waals surface area contributed by atoms with Gasteiger partial charge in [-0.1, -0.05) is 0 Å². The molecule has 3 aromatic heterocycles. The van der Waals surface area contributed by atoms with E-state index < -0.39 is 11.8 Å². The number of nitrogens with one attached hydrogen (secondary N) is 2. The minimum atomic E-state index is -0.411. The van der Waals surface area contributed by atoms with Crippen molar-refractivity contribution in [3.63, 3.8) is 0 Å². The van der Waals surface area contributed by atoms with Crippen LogP contribution in [0, 0.1) is 0 Å². The SMILES string of the molecule is O=C1NC(=O)C(c2cn(CCCO)c3ncccc23)=C1c1cc[nH]c1. The standard InChI is InChI=1S/C18H16N4O3/c23-8-2-7-22-10-13(12-3-1-5-20-16(12)22)15-14(11-4-6-19-9-11)17(24)21-18(15)25/h1,3-6,9-10,19,23H,2,7-8H2,(H,21,24,25). The molecule has 1 aliphatic heterocycles. The predicted octanol–water partition coefficient (Wildman–Crippen LogP) is 1.31. The van der Waals surface area contributed by atoms with Gasteiger partial charge in [-0.3, -0.25) is 14.9 Å². The maximum atomic E-state index is 12.5. The summed E-state index contributed by atoms with van der Waals surface area (Å²) in [6.07, 6.45) is 7.49. The van der Waals surface area contributed by atoms with Gasteiger partial charge in [-0.05, 0) is 24.6 Å². The van der Waals surface area contributed by atoms with Crippen LogP contribution in [0.5, 0.6) is 0 Å². The van der Waals surface area contributed by atoms with Crippen LogP contribution >= 0.6 is 0 Å². The van der Waals surface area contributed by atoms with Crippen molar-refractivity contribution < 1.29 is 14.7 Å². The zero-order valence-corrected chi connectivity index (χ0v) is 13.3. The Hall–Kier alpha value is -3.19. The van der Waals surface area contributed by atoms with Crippen LogP contribution in [0.2, 0.25) is 0 Å². The fraction of sp³-hybridized carbons (Fsp3) is 0.167. The molecule has 2 amide bonds. The van der Waals surface area contributed by atoms with Crippen molar-refractivity contribution in [2.45, 2.75) is 13.0 Å². The van der Waals surface area contributed by atoms with Crippen LogP contribution < -0.4 is 5.32 Å². The molecule has 3 N–H and O–H groups in total. The first-order valence-corrected chi connectivity index (χ1v) is 7.99. The molecule has 1 aliphatic rings. The molecule has 4 rings (SSSR count). The number of imide groups is 1. The number of H-pyrrole nitrogens is 1. The van der Waals surface area contributed by atoms with Crippen LogP contribution in [0.3, 0.4) is 0 Å². The fourth-order valence-corrected chi connectivity index (χ4v) is 3.20. The van der Waals surface area contributed by atoms with Gasteiger partial charge in [0, 0.05) is 54.5 Å². The van der Waals surface area contributed by atoms with E-state index in [0.29, 0.717) is 35.2 Å². The molecule has 7 nitrogen and oxygen atoms in total. The Bertz CT molecular complexity index is 999. The number of aliphatic hydroxyl groups excluding tert-OH is 1. The lowest BCUT2D eigenvalue weighted by Gasteiger charge is -2.01. The molecule has 0 saturated heterocycles. The van der Waals surface area contributed by atoms with Gasteiger partial charge < -0.3 is 14.7 Å². The van der Waals surface area contributed by atoms with E-state index in [2.05, 4.69) is 15.3 Å². The number of carbonyl (C=O) groups is 2. The monoisotopic (exact) mass is 336 g/mol. The number of amides is 2. The van der Waals surface area contributed by atoms with E-state index in [9.17, 15) is 9.59 Å². The number of hydrogen-bond donors (Lipinski definition) is 3. The van der Waals surface area contributed by atoms with Gasteiger partial charge in [0.25, 0.3) is 11.8 Å². The first-order chi connectivity index (χ1) is 12.2. The molecule has 0 atom stereocenters. The molecular formula is C18H16N4O3. The molecule has 0 bridgehead atoms. The molecular weight excluding hydrogens is 320 g/mol. The maximum Gasteiger partial charge on any atom is 0.259 e. The quantitative estimate of drug-likeness (QED) is 0.612. The maximum absolute atomic E-state index is 12.5. The Morgan fingerprint density at radius 2 is 2.00 bits per heavy atom. The van der Waals surface area contributed by atoms with Crippen molar-refractivity contribution in [2.75, 3.05) is 6.61 Å². The van der Waals surface area contributed by atoms with E-state index in [1.807, 2.05) is 16.8 Å². The predicted molar refractivity (Wildman–Crippen MR) is 92.2 cm³/mol. The summed E-state index contributed by atoms with van der Waals surface area (Å²) in [5.41, 5.74) is 2.76. The Morgan fingerprint density at radius 1 is 1.16 bits per heavy atom. The molecule has 126 valence electrons. The summed E-state index contributed by atoms with van der Waals surface area (Å²) in [5, 5.41) is 12.3. The number of carbonyl (C=O) groups excluding carboxylic acids is 2. The molecule has 0 aromatic carbocycles. The molecule has 0 fully saturated rings. The van der Waals surface area contributed by atoms with Crippen LogP contribution in [0.25, 0.3) is 22.2 Å². The first-order valence-electron chi connectivity index (χ1n) is 7.99. The minimum absolute atomic E-state index is 0.0676. The van der Waals surface area contributed by atoms with Crippen LogP contribution in [-0.2, 0) is 16.1 Å². The molecule has 0 radical (unpaired) electrons. The molecule has 4 heterocycles. The van der Waals surface area contributed by atoms with Gasteiger partial charge in [0.1, 0.15) is 5.65 Å². The van der Waals surface area contributed by atoms with Crippen LogP contribution in [-0.4, -0.2) is 38.1 Å². The van der Waals surface area contributed by atoms with Crippen molar-refractivity contribution >= 4 is 34.0 Å². The van der Waals surface area contributed by atoms with Gasteiger partial charge in [0.2, 0.25) is 0 Å². The van der Waals surface area contributed by atoms with Crippen LogP contribution in [0.1, 0.15) is 17.5 Å². The second kappa shape index (κ2) is 6.03. The number of aromatic amines is 1. The molecule has 0 spiro atoms. The highest BCUT2D eigenvalue weighted by atomic mass is 16.3. The Morgan fingerprint density at radius 3 is 2.76 bits per heavy atom. The highest BCUT2D eigenvalue weighted by Gasteiger charge is 2.34. The smallest absolute Gasteiger partial charge is 0.259 e. The highest BCUT2D eigenvalue weighted by Crippen LogP contribution is 2.35. The molecule has 0 unspecified atom stereocenters. The molecule has 0 saturated carbocycles. The van der Waals surface area contributed by atoms with E-state index in [4.69, 9.17) is 5.11 Å². The van der Waals surface area contributed by atoms with E-state index in [1.165, 1.54) is 0 Å². The third kappa shape index (κ3) is 2.45. The Kier molecular flexibility index (Phi) is 3.70. The zero-order valence-electron chi connectivity index (χ0n) is 13.3. The summed E-state index contributed by atoms with van der Waals surface area (Å²) in [4.78, 5) is 32.1. The average Bonchev–Trinajstić information content (AvgIpc) is 3.31. The first kappa shape index (κ1) is 15.3. The second-order valence-corrected chi connectivity index (χ2v) is 5.82. The van der Waals surface area contributed by atoms with Gasteiger partial charge in [0.05, 0.1) is 11.1 Å². The van der Waals surface area contributed by atoms with Crippen LogP contribution in [0.15, 0.2) is 43.0 Å². The van der Waals surface area contributed by atoms with E-state index in [-0.39, 0.29) is 6.61 Å². The van der Waals surface area contributed by atoms with Crippen LogP contribution in [0.4, 0.5) is 0 Å². The van der Waals surface area contributed by atoms with E-state index >= 15 is 0 Å². The summed E-state index contributed by atoms with van der Waals surface area (Å²) in [7, 11) is 0. The lowest BCUT2D eigenvalue weighted by atomic mass is 9.98. The summed E-state index contributed by atoms with van der Waals surface area (Å²) in [6.45, 7) is 0.643. The second-order valence-electron chi connectivity index (χ2n) is 5.82. The number of fused-ring (bicyclic) bond motifs is 1. The molecule has 0 aliphatic carbocycles. The summed E-state index contributed by atoms with van der Waals surface area (Å²) in [5.74, 6) is -0.814. The van der Waals surface area contributed by atoms with Gasteiger partial charge in [-0.25, -0.2) is 4.98 Å². The number of hydrogen-bond acceptors (Lipinski definition) is 4. The fourth-order valence-electron chi connectivity index (χ4n) is 3.20. The van der Waals surface area contributed by atoms with Crippen molar-refractivity contribution in [3.05, 3.63) is 54.1 Å². The summed E-state index contributed by atoms with van der Waals surface area (Å²) >= 11 is 0. The van der Waals surface area contributed by atoms with Crippen molar-refractivity contribution in [1.29, 1.82) is 0 Å². The van der Waals surface area contributed by atoms with Crippen molar-refractivity contribution in [3.8, 4) is 0 Å². The van der Waals surface area contributed by atoms with E-state index in [0.717, 1.165) is 11.0 Å². The lowest BCUT2D eigenvalue weighted by Crippen LogP contribution is -2.22. The average molecular weight is 336 g/mol. The zero-order chi connectivity index (χ0) is 17.4. The lowest BCUT2D eigenvalue weighted by molar-refractivity contribution is -0.122. The Labute approximate surface area is 143 Å². The van der Waals surface area contributed by atoms with Gasteiger partial charge in [-0.15, -0.1) is 0 Å².